The molecule has 1 nitrogen and oxygen atoms in total. The van der Waals surface area contributed by atoms with E-state index in [4.69, 9.17) is 0 Å². The van der Waals surface area contributed by atoms with E-state index < -0.39 is 0 Å². The zero-order valence-electron chi connectivity index (χ0n) is 10.4. The molecule has 1 heteroatoms. The maximum Gasteiger partial charge on any atom is 0.00225 e. The first-order valence-corrected chi connectivity index (χ1v) is 5.92. The Labute approximate surface area is 93.9 Å². The highest BCUT2D eigenvalue weighted by molar-refractivity contribution is 5.26. The van der Waals surface area contributed by atoms with Crippen LogP contribution >= 0.6 is 0 Å². The van der Waals surface area contributed by atoms with Crippen molar-refractivity contribution in [2.24, 2.45) is 5.92 Å². The van der Waals surface area contributed by atoms with Crippen molar-refractivity contribution in [2.45, 2.75) is 33.6 Å². The standard InChI is InChI=1S/C14H23N/c1-5-15-10-14(11(2)3)13-8-6-7-12(4)9-13/h6-9,11,14-15H,5,10H2,1-4H3. The summed E-state index contributed by atoms with van der Waals surface area (Å²) in [6, 6.07) is 8.87. The van der Waals surface area contributed by atoms with Gasteiger partial charge in [0.1, 0.15) is 0 Å². The van der Waals surface area contributed by atoms with Gasteiger partial charge in [-0.2, -0.15) is 0 Å². The monoisotopic (exact) mass is 205 g/mol. The third-order valence-corrected chi connectivity index (χ3v) is 2.89. The average Bonchev–Trinajstić information content (AvgIpc) is 2.18. The maximum atomic E-state index is 3.45. The van der Waals surface area contributed by atoms with Gasteiger partial charge in [0.2, 0.25) is 0 Å². The van der Waals surface area contributed by atoms with Gasteiger partial charge in [-0.3, -0.25) is 0 Å². The van der Waals surface area contributed by atoms with Crippen LogP contribution in [0, 0.1) is 12.8 Å². The third kappa shape index (κ3) is 3.67. The van der Waals surface area contributed by atoms with Gasteiger partial charge < -0.3 is 5.32 Å². The van der Waals surface area contributed by atoms with E-state index in [0.717, 1.165) is 13.1 Å². The van der Waals surface area contributed by atoms with Crippen LogP contribution in [0.25, 0.3) is 0 Å². The quantitative estimate of drug-likeness (QED) is 0.777. The van der Waals surface area contributed by atoms with Gasteiger partial charge in [-0.15, -0.1) is 0 Å². The van der Waals surface area contributed by atoms with E-state index in [-0.39, 0.29) is 0 Å². The Bertz CT molecular complexity index is 291. The number of benzene rings is 1. The molecule has 0 aliphatic carbocycles. The summed E-state index contributed by atoms with van der Waals surface area (Å²) < 4.78 is 0. The van der Waals surface area contributed by atoms with Crippen molar-refractivity contribution < 1.29 is 0 Å². The van der Waals surface area contributed by atoms with Gasteiger partial charge in [-0.1, -0.05) is 50.6 Å². The van der Waals surface area contributed by atoms with E-state index in [1.807, 2.05) is 0 Å². The highest BCUT2D eigenvalue weighted by Crippen LogP contribution is 2.24. The first-order chi connectivity index (χ1) is 7.15. The summed E-state index contributed by atoms with van der Waals surface area (Å²) in [7, 11) is 0. The Hall–Kier alpha value is -0.820. The second-order valence-electron chi connectivity index (χ2n) is 4.57. The number of hydrogen-bond acceptors (Lipinski definition) is 1. The third-order valence-electron chi connectivity index (χ3n) is 2.89. The van der Waals surface area contributed by atoms with Crippen LogP contribution in [0.4, 0.5) is 0 Å². The summed E-state index contributed by atoms with van der Waals surface area (Å²) >= 11 is 0. The molecule has 84 valence electrons. The molecule has 1 aromatic carbocycles. The molecular formula is C14H23N. The van der Waals surface area contributed by atoms with Crippen LogP contribution in [0.3, 0.4) is 0 Å². The molecule has 1 atom stereocenters. The van der Waals surface area contributed by atoms with Gasteiger partial charge >= 0.3 is 0 Å². The van der Waals surface area contributed by atoms with Crippen LogP contribution in [0.1, 0.15) is 37.8 Å². The minimum Gasteiger partial charge on any atom is -0.316 e. The molecule has 0 aliphatic heterocycles. The predicted octanol–water partition coefficient (Wildman–Crippen LogP) is 3.34. The van der Waals surface area contributed by atoms with E-state index in [0.29, 0.717) is 11.8 Å². The number of hydrogen-bond donors (Lipinski definition) is 1. The Morgan fingerprint density at radius 1 is 1.27 bits per heavy atom. The Morgan fingerprint density at radius 3 is 2.53 bits per heavy atom. The Morgan fingerprint density at radius 2 is 2.00 bits per heavy atom. The molecule has 0 spiro atoms. The predicted molar refractivity (Wildman–Crippen MR) is 67.3 cm³/mol. The van der Waals surface area contributed by atoms with Crippen molar-refractivity contribution in [1.82, 2.24) is 5.32 Å². The second-order valence-corrected chi connectivity index (χ2v) is 4.57. The van der Waals surface area contributed by atoms with Crippen molar-refractivity contribution in [3.8, 4) is 0 Å². The molecule has 0 aromatic heterocycles. The number of aryl methyl sites for hydroxylation is 1. The van der Waals surface area contributed by atoms with Gasteiger partial charge in [0.15, 0.2) is 0 Å². The lowest BCUT2D eigenvalue weighted by molar-refractivity contribution is 0.467. The van der Waals surface area contributed by atoms with Gasteiger partial charge in [0.25, 0.3) is 0 Å². The van der Waals surface area contributed by atoms with Crippen LogP contribution < -0.4 is 5.32 Å². The van der Waals surface area contributed by atoms with Crippen molar-refractivity contribution in [3.63, 3.8) is 0 Å². The molecule has 1 rings (SSSR count). The normalized spacial score (nSPS) is 13.1. The molecule has 0 fully saturated rings. The van der Waals surface area contributed by atoms with E-state index in [2.05, 4.69) is 57.3 Å². The molecule has 0 amide bonds. The molecule has 1 N–H and O–H groups in total. The fourth-order valence-electron chi connectivity index (χ4n) is 1.94. The SMILES string of the molecule is CCNCC(c1cccc(C)c1)C(C)C. The second kappa shape index (κ2) is 5.92. The molecule has 0 radical (unpaired) electrons. The number of nitrogens with one attached hydrogen (secondary N) is 1. The molecule has 0 bridgehead atoms. The topological polar surface area (TPSA) is 12.0 Å². The van der Waals surface area contributed by atoms with E-state index in [9.17, 15) is 0 Å². The van der Waals surface area contributed by atoms with Crippen molar-refractivity contribution in [3.05, 3.63) is 35.4 Å². The average molecular weight is 205 g/mol. The van der Waals surface area contributed by atoms with Crippen molar-refractivity contribution in [1.29, 1.82) is 0 Å². The summed E-state index contributed by atoms with van der Waals surface area (Å²) in [6.07, 6.45) is 0. The largest absolute Gasteiger partial charge is 0.316 e. The lowest BCUT2D eigenvalue weighted by Gasteiger charge is -2.22. The van der Waals surface area contributed by atoms with Gasteiger partial charge in [0.05, 0.1) is 0 Å². The molecule has 1 aromatic rings. The molecule has 0 heterocycles. The van der Waals surface area contributed by atoms with Gasteiger partial charge in [-0.25, -0.2) is 0 Å². The van der Waals surface area contributed by atoms with E-state index >= 15 is 0 Å². The molecule has 0 saturated heterocycles. The van der Waals surface area contributed by atoms with Crippen molar-refractivity contribution >= 4 is 0 Å². The molecule has 0 aliphatic rings. The van der Waals surface area contributed by atoms with Crippen LogP contribution in [-0.2, 0) is 0 Å². The van der Waals surface area contributed by atoms with E-state index in [1.54, 1.807) is 0 Å². The number of rotatable bonds is 5. The minimum atomic E-state index is 0.629. The Balaban J connectivity index is 2.79. The van der Waals surface area contributed by atoms with Crippen LogP contribution in [0.5, 0.6) is 0 Å². The maximum absolute atomic E-state index is 3.45. The molecular weight excluding hydrogens is 182 g/mol. The van der Waals surface area contributed by atoms with Gasteiger partial charge in [0, 0.05) is 6.54 Å². The summed E-state index contributed by atoms with van der Waals surface area (Å²) in [4.78, 5) is 0. The fraction of sp³-hybridized carbons (Fsp3) is 0.571. The summed E-state index contributed by atoms with van der Waals surface area (Å²) in [5.41, 5.74) is 2.82. The number of likely N-dealkylation sites (N-methyl/N-ethyl adjacent to an activating group) is 1. The Kier molecular flexibility index (Phi) is 4.83. The summed E-state index contributed by atoms with van der Waals surface area (Å²) in [5.74, 6) is 1.32. The highest BCUT2D eigenvalue weighted by Gasteiger charge is 2.14. The van der Waals surface area contributed by atoms with Crippen LogP contribution in [-0.4, -0.2) is 13.1 Å². The molecule has 0 saturated carbocycles. The van der Waals surface area contributed by atoms with E-state index in [1.165, 1.54) is 11.1 Å². The zero-order chi connectivity index (χ0) is 11.3. The van der Waals surface area contributed by atoms with Crippen molar-refractivity contribution in [2.75, 3.05) is 13.1 Å². The zero-order valence-corrected chi connectivity index (χ0v) is 10.4. The lowest BCUT2D eigenvalue weighted by atomic mass is 9.87. The first kappa shape index (κ1) is 12.3. The van der Waals surface area contributed by atoms with Crippen LogP contribution in [0.2, 0.25) is 0 Å². The van der Waals surface area contributed by atoms with Crippen LogP contribution in [0.15, 0.2) is 24.3 Å². The van der Waals surface area contributed by atoms with Gasteiger partial charge in [-0.05, 0) is 30.9 Å². The summed E-state index contributed by atoms with van der Waals surface area (Å²) in [6.45, 7) is 11.0. The molecule has 15 heavy (non-hydrogen) atoms. The fourth-order valence-corrected chi connectivity index (χ4v) is 1.94. The smallest absolute Gasteiger partial charge is 0.00225 e. The molecule has 1 unspecified atom stereocenters. The first-order valence-electron chi connectivity index (χ1n) is 5.92. The lowest BCUT2D eigenvalue weighted by Crippen LogP contribution is -2.24. The summed E-state index contributed by atoms with van der Waals surface area (Å²) in [5, 5.41) is 3.45. The highest BCUT2D eigenvalue weighted by atomic mass is 14.8. The minimum absolute atomic E-state index is 0.629.